The molecule has 0 radical (unpaired) electrons. The Morgan fingerprint density at radius 3 is 2.13 bits per heavy atom. The molecule has 118 valence electrons. The number of hydrogen-bond acceptors (Lipinski definition) is 4. The fraction of sp³-hybridized carbons (Fsp3) is 0.222. The Morgan fingerprint density at radius 1 is 0.826 bits per heavy atom. The zero-order valence-electron chi connectivity index (χ0n) is 12.6. The predicted octanol–water partition coefficient (Wildman–Crippen LogP) is 1.01. The van der Waals surface area contributed by atoms with Crippen molar-refractivity contribution in [2.24, 2.45) is 0 Å². The largest absolute Gasteiger partial charge is 0.545 e. The Bertz CT molecular complexity index is 707. The van der Waals surface area contributed by atoms with E-state index in [-0.39, 0.29) is 11.5 Å². The lowest BCUT2D eigenvalue weighted by atomic mass is 10.1. The van der Waals surface area contributed by atoms with Crippen LogP contribution in [-0.4, -0.2) is 43.0 Å². The molecular weight excluding hydrogens is 292 g/mol. The highest BCUT2D eigenvalue weighted by Gasteiger charge is 2.22. The summed E-state index contributed by atoms with van der Waals surface area (Å²) in [4.78, 5) is 27.3. The Morgan fingerprint density at radius 2 is 1.48 bits per heavy atom. The first-order chi connectivity index (χ1) is 11.1. The number of nitrogens with zero attached hydrogens (tertiary/aromatic N) is 2. The van der Waals surface area contributed by atoms with E-state index in [9.17, 15) is 14.7 Å². The molecule has 1 heterocycles. The van der Waals surface area contributed by atoms with E-state index in [0.717, 1.165) is 5.69 Å². The Kier molecular flexibility index (Phi) is 4.28. The zero-order valence-corrected chi connectivity index (χ0v) is 12.6. The third-order valence-corrected chi connectivity index (χ3v) is 4.03. The van der Waals surface area contributed by atoms with Crippen LogP contribution in [0.2, 0.25) is 0 Å². The minimum absolute atomic E-state index is 0.0359. The fourth-order valence-corrected chi connectivity index (χ4v) is 2.76. The van der Waals surface area contributed by atoms with Crippen LogP contribution in [0, 0.1) is 0 Å². The van der Waals surface area contributed by atoms with Crippen molar-refractivity contribution in [2.45, 2.75) is 0 Å². The van der Waals surface area contributed by atoms with Crippen molar-refractivity contribution in [2.75, 3.05) is 31.1 Å². The minimum atomic E-state index is -1.18. The van der Waals surface area contributed by atoms with Crippen molar-refractivity contribution in [1.29, 1.82) is 0 Å². The predicted molar refractivity (Wildman–Crippen MR) is 85.3 cm³/mol. The van der Waals surface area contributed by atoms with Crippen molar-refractivity contribution < 1.29 is 14.7 Å². The molecule has 5 nitrogen and oxygen atoms in total. The van der Waals surface area contributed by atoms with Gasteiger partial charge in [0.2, 0.25) is 0 Å². The summed E-state index contributed by atoms with van der Waals surface area (Å²) in [6.07, 6.45) is 0. The molecule has 0 aliphatic carbocycles. The summed E-state index contributed by atoms with van der Waals surface area (Å²) in [5, 5.41) is 11.0. The van der Waals surface area contributed by atoms with E-state index in [1.165, 1.54) is 6.07 Å². The molecule has 23 heavy (non-hydrogen) atoms. The van der Waals surface area contributed by atoms with Crippen LogP contribution in [0.4, 0.5) is 5.69 Å². The van der Waals surface area contributed by atoms with Crippen LogP contribution in [-0.2, 0) is 0 Å². The van der Waals surface area contributed by atoms with E-state index in [1.807, 2.05) is 41.3 Å². The van der Waals surface area contributed by atoms with E-state index < -0.39 is 5.97 Å². The quantitative estimate of drug-likeness (QED) is 0.849. The van der Waals surface area contributed by atoms with Crippen LogP contribution < -0.4 is 10.0 Å². The Balaban J connectivity index is 1.66. The lowest BCUT2D eigenvalue weighted by molar-refractivity contribution is -0.255. The molecule has 2 aromatic rings. The summed E-state index contributed by atoms with van der Waals surface area (Å²) in [7, 11) is 0. The number of benzene rings is 2. The summed E-state index contributed by atoms with van der Waals surface area (Å²) in [6, 6.07) is 16.0. The fourth-order valence-electron chi connectivity index (χ4n) is 2.76. The van der Waals surface area contributed by atoms with Crippen LogP contribution in [0.5, 0.6) is 0 Å². The van der Waals surface area contributed by atoms with Gasteiger partial charge in [0.1, 0.15) is 0 Å². The third-order valence-electron chi connectivity index (χ3n) is 4.03. The average Bonchev–Trinajstić information content (AvgIpc) is 2.62. The number of carbonyl (C=O) groups excluding carboxylic acids is 2. The van der Waals surface area contributed by atoms with Gasteiger partial charge in [-0.15, -0.1) is 0 Å². The van der Waals surface area contributed by atoms with Crippen molar-refractivity contribution >= 4 is 17.6 Å². The van der Waals surface area contributed by atoms with E-state index >= 15 is 0 Å². The van der Waals surface area contributed by atoms with Gasteiger partial charge in [0, 0.05) is 37.4 Å². The highest BCUT2D eigenvalue weighted by atomic mass is 16.4. The average molecular weight is 309 g/mol. The van der Waals surface area contributed by atoms with E-state index in [1.54, 1.807) is 12.1 Å². The molecule has 5 heteroatoms. The van der Waals surface area contributed by atoms with E-state index in [2.05, 4.69) is 4.90 Å². The maximum Gasteiger partial charge on any atom is 0.253 e. The molecular formula is C18H17N2O3-. The summed E-state index contributed by atoms with van der Waals surface area (Å²) in [5.74, 6) is -1.14. The van der Waals surface area contributed by atoms with Crippen LogP contribution >= 0.6 is 0 Å². The van der Waals surface area contributed by atoms with Gasteiger partial charge in [0.25, 0.3) is 5.91 Å². The monoisotopic (exact) mass is 309 g/mol. The lowest BCUT2D eigenvalue weighted by Gasteiger charge is -2.36. The van der Waals surface area contributed by atoms with E-state index in [4.69, 9.17) is 0 Å². The molecule has 1 aliphatic heterocycles. The van der Waals surface area contributed by atoms with Gasteiger partial charge < -0.3 is 19.7 Å². The van der Waals surface area contributed by atoms with Gasteiger partial charge in [-0.2, -0.15) is 0 Å². The van der Waals surface area contributed by atoms with Crippen LogP contribution in [0.15, 0.2) is 54.6 Å². The number of aromatic carboxylic acids is 1. The summed E-state index contributed by atoms with van der Waals surface area (Å²) < 4.78 is 0. The molecule has 0 atom stereocenters. The summed E-state index contributed by atoms with van der Waals surface area (Å²) >= 11 is 0. The summed E-state index contributed by atoms with van der Waals surface area (Å²) in [6.45, 7) is 2.58. The standard InChI is InChI=1S/C18H18N2O3/c21-17(14-5-2-1-3-6-14)20-11-9-19(10-12-20)16-8-4-7-15(13-16)18(22)23/h1-8,13H,9-12H2,(H,22,23)/p-1. The van der Waals surface area contributed by atoms with Crippen LogP contribution in [0.3, 0.4) is 0 Å². The first-order valence-electron chi connectivity index (χ1n) is 7.56. The van der Waals surface area contributed by atoms with E-state index in [0.29, 0.717) is 31.7 Å². The molecule has 1 saturated heterocycles. The molecule has 1 aliphatic rings. The SMILES string of the molecule is O=C([O-])c1cccc(N2CCN(C(=O)c3ccccc3)CC2)c1. The van der Waals surface area contributed by atoms with Gasteiger partial charge in [-0.05, 0) is 29.8 Å². The first-order valence-corrected chi connectivity index (χ1v) is 7.56. The van der Waals surface area contributed by atoms with Crippen LogP contribution in [0.25, 0.3) is 0 Å². The zero-order chi connectivity index (χ0) is 16.2. The number of piperazine rings is 1. The Labute approximate surface area is 134 Å². The number of rotatable bonds is 3. The van der Waals surface area contributed by atoms with Gasteiger partial charge in [-0.1, -0.05) is 30.3 Å². The molecule has 0 unspecified atom stereocenters. The van der Waals surface area contributed by atoms with Gasteiger partial charge in [-0.3, -0.25) is 4.79 Å². The van der Waals surface area contributed by atoms with Gasteiger partial charge in [0.05, 0.1) is 5.97 Å². The second kappa shape index (κ2) is 6.52. The van der Waals surface area contributed by atoms with Gasteiger partial charge >= 0.3 is 0 Å². The molecule has 0 N–H and O–H groups in total. The highest BCUT2D eigenvalue weighted by Crippen LogP contribution is 2.18. The van der Waals surface area contributed by atoms with Crippen molar-refractivity contribution in [3.63, 3.8) is 0 Å². The number of carbonyl (C=O) groups is 2. The highest BCUT2D eigenvalue weighted by molar-refractivity contribution is 5.94. The number of carboxylic acid groups (broad SMARTS) is 1. The first kappa shape index (κ1) is 15.1. The molecule has 2 aromatic carbocycles. The van der Waals surface area contributed by atoms with Crippen molar-refractivity contribution in [3.8, 4) is 0 Å². The maximum absolute atomic E-state index is 12.4. The van der Waals surface area contributed by atoms with Gasteiger partial charge in [-0.25, -0.2) is 0 Å². The normalized spacial score (nSPS) is 14.6. The van der Waals surface area contributed by atoms with Crippen molar-refractivity contribution in [1.82, 2.24) is 4.90 Å². The maximum atomic E-state index is 12.4. The van der Waals surface area contributed by atoms with Gasteiger partial charge in [0.15, 0.2) is 0 Å². The smallest absolute Gasteiger partial charge is 0.253 e. The molecule has 0 saturated carbocycles. The molecule has 0 aromatic heterocycles. The second-order valence-corrected chi connectivity index (χ2v) is 5.48. The molecule has 3 rings (SSSR count). The van der Waals surface area contributed by atoms with Crippen LogP contribution in [0.1, 0.15) is 20.7 Å². The third kappa shape index (κ3) is 3.34. The van der Waals surface area contributed by atoms with Crippen molar-refractivity contribution in [3.05, 3.63) is 65.7 Å². The number of carboxylic acids is 1. The number of amides is 1. The topological polar surface area (TPSA) is 63.7 Å². The molecule has 1 amide bonds. The minimum Gasteiger partial charge on any atom is -0.545 e. The summed E-state index contributed by atoms with van der Waals surface area (Å²) in [5.41, 5.74) is 1.71. The molecule has 0 spiro atoms. The number of hydrogen-bond donors (Lipinski definition) is 0. The lowest BCUT2D eigenvalue weighted by Crippen LogP contribution is -2.48. The number of anilines is 1. The molecule has 0 bridgehead atoms. The Hall–Kier alpha value is -2.82. The molecule has 1 fully saturated rings. The second-order valence-electron chi connectivity index (χ2n) is 5.48.